The van der Waals surface area contributed by atoms with Gasteiger partial charge in [-0.25, -0.2) is 4.79 Å². The minimum absolute atomic E-state index is 0.372. The van der Waals surface area contributed by atoms with Crippen LogP contribution < -0.4 is 4.74 Å². The summed E-state index contributed by atoms with van der Waals surface area (Å²) in [6.45, 7) is 7.31. The van der Waals surface area contributed by atoms with E-state index in [2.05, 4.69) is 12.6 Å². The van der Waals surface area contributed by atoms with Gasteiger partial charge in [0.2, 0.25) is 0 Å². The molecule has 0 atom stereocenters. The fourth-order valence-electron chi connectivity index (χ4n) is 1.88. The minimum Gasteiger partial charge on any atom is -0.422 e. The molecule has 0 heterocycles. The van der Waals surface area contributed by atoms with Gasteiger partial charge in [0.25, 0.3) is 0 Å². The highest BCUT2D eigenvalue weighted by Gasteiger charge is 2.18. The van der Waals surface area contributed by atoms with E-state index in [0.717, 1.165) is 23.1 Å². The lowest BCUT2D eigenvalue weighted by atomic mass is 10.2. The van der Waals surface area contributed by atoms with E-state index in [1.165, 1.54) is 0 Å². The molecule has 0 unspecified atom stereocenters. The molecule has 2 aliphatic rings. The molecule has 0 saturated heterocycles. The monoisotopic (exact) mass is 240 g/mol. The van der Waals surface area contributed by atoms with Crippen molar-refractivity contribution in [1.29, 1.82) is 0 Å². The van der Waals surface area contributed by atoms with E-state index < -0.39 is 0 Å². The molecule has 2 rings (SSSR count). The third-order valence-electron chi connectivity index (χ3n) is 2.86. The summed E-state index contributed by atoms with van der Waals surface area (Å²) in [5.74, 6) is 0.292. The topological polar surface area (TPSA) is 26.3 Å². The highest BCUT2D eigenvalue weighted by molar-refractivity contribution is 5.91. The van der Waals surface area contributed by atoms with Crippen LogP contribution in [-0.4, -0.2) is 5.97 Å². The Bertz CT molecular complexity index is 569. The van der Waals surface area contributed by atoms with Crippen LogP contribution in [0.15, 0.2) is 48.6 Å². The molecular weight excluding hydrogens is 224 g/mol. The molecule has 0 fully saturated rings. The van der Waals surface area contributed by atoms with E-state index in [9.17, 15) is 4.79 Å². The second-order valence-corrected chi connectivity index (χ2v) is 4.30. The van der Waals surface area contributed by atoms with E-state index in [1.807, 2.05) is 37.3 Å². The van der Waals surface area contributed by atoms with E-state index in [1.54, 1.807) is 6.92 Å². The zero-order valence-corrected chi connectivity index (χ0v) is 10.7. The number of rotatable bonds is 3. The summed E-state index contributed by atoms with van der Waals surface area (Å²) in [7, 11) is 0. The number of hydrogen-bond donors (Lipinski definition) is 0. The van der Waals surface area contributed by atoms with Gasteiger partial charge in [0.1, 0.15) is 5.75 Å². The van der Waals surface area contributed by atoms with Crippen molar-refractivity contribution in [2.45, 2.75) is 20.3 Å². The van der Waals surface area contributed by atoms with Gasteiger partial charge in [0.15, 0.2) is 0 Å². The SMILES string of the molecule is C=C(C)C(=O)Oc1c(CC)cc2cccccc1-2. The van der Waals surface area contributed by atoms with Crippen molar-refractivity contribution in [3.05, 3.63) is 54.1 Å². The number of carbonyl (C=O) groups is 1. The summed E-state index contributed by atoms with van der Waals surface area (Å²) in [5, 5.41) is 0. The molecule has 92 valence electrons. The summed E-state index contributed by atoms with van der Waals surface area (Å²) < 4.78 is 5.45. The molecule has 18 heavy (non-hydrogen) atoms. The Morgan fingerprint density at radius 1 is 1.28 bits per heavy atom. The van der Waals surface area contributed by atoms with Crippen molar-refractivity contribution in [1.82, 2.24) is 0 Å². The normalized spacial score (nSPS) is 10.3. The molecule has 0 aromatic carbocycles. The van der Waals surface area contributed by atoms with Crippen LogP contribution in [0, 0.1) is 0 Å². The maximum Gasteiger partial charge on any atom is 0.338 e. The van der Waals surface area contributed by atoms with Gasteiger partial charge < -0.3 is 4.74 Å². The first-order chi connectivity index (χ1) is 8.63. The van der Waals surface area contributed by atoms with E-state index >= 15 is 0 Å². The highest BCUT2D eigenvalue weighted by atomic mass is 16.5. The van der Waals surface area contributed by atoms with Crippen LogP contribution in [0.25, 0.3) is 11.1 Å². The summed E-state index contributed by atoms with van der Waals surface area (Å²) in [6, 6.07) is 11.9. The molecule has 0 aromatic heterocycles. The van der Waals surface area contributed by atoms with Crippen LogP contribution >= 0.6 is 0 Å². The fraction of sp³-hybridized carbons (Fsp3) is 0.188. The van der Waals surface area contributed by atoms with Crippen LogP contribution in [0.5, 0.6) is 5.75 Å². The van der Waals surface area contributed by atoms with Crippen LogP contribution in [0.1, 0.15) is 19.4 Å². The Morgan fingerprint density at radius 2 is 2.00 bits per heavy atom. The molecular formula is C16H16O2. The lowest BCUT2D eigenvalue weighted by Gasteiger charge is -2.06. The molecule has 2 aliphatic carbocycles. The van der Waals surface area contributed by atoms with Crippen molar-refractivity contribution >= 4 is 5.97 Å². The smallest absolute Gasteiger partial charge is 0.338 e. The predicted molar refractivity (Wildman–Crippen MR) is 72.9 cm³/mol. The maximum absolute atomic E-state index is 11.7. The van der Waals surface area contributed by atoms with Gasteiger partial charge in [-0.05, 0) is 30.5 Å². The molecule has 0 saturated carbocycles. The van der Waals surface area contributed by atoms with Gasteiger partial charge in [-0.3, -0.25) is 0 Å². The minimum atomic E-state index is -0.372. The average Bonchev–Trinajstić information content (AvgIpc) is 2.53. The van der Waals surface area contributed by atoms with E-state index in [-0.39, 0.29) is 5.97 Å². The Labute approximate surface area is 107 Å². The quantitative estimate of drug-likeness (QED) is 0.602. The predicted octanol–water partition coefficient (Wildman–Crippen LogP) is 3.84. The van der Waals surface area contributed by atoms with Crippen molar-refractivity contribution in [3.8, 4) is 16.9 Å². The van der Waals surface area contributed by atoms with Gasteiger partial charge in [0.05, 0.1) is 0 Å². The van der Waals surface area contributed by atoms with Gasteiger partial charge in [0, 0.05) is 11.1 Å². The zero-order chi connectivity index (χ0) is 13.1. The van der Waals surface area contributed by atoms with Crippen molar-refractivity contribution in [3.63, 3.8) is 0 Å². The first-order valence-electron chi connectivity index (χ1n) is 6.01. The molecule has 0 bridgehead atoms. The number of fused-ring (bicyclic) bond motifs is 1. The number of carbonyl (C=O) groups excluding carboxylic acids is 1. The van der Waals surface area contributed by atoms with E-state index in [0.29, 0.717) is 11.3 Å². The number of hydrogen-bond acceptors (Lipinski definition) is 2. The second kappa shape index (κ2) is 5.05. The third kappa shape index (κ3) is 2.28. The fourth-order valence-corrected chi connectivity index (χ4v) is 1.88. The zero-order valence-electron chi connectivity index (χ0n) is 10.7. The summed E-state index contributed by atoms with van der Waals surface area (Å²) in [5.41, 5.74) is 3.50. The second-order valence-electron chi connectivity index (χ2n) is 4.30. The Hall–Kier alpha value is -2.09. The van der Waals surface area contributed by atoms with Crippen LogP contribution in [0.4, 0.5) is 0 Å². The Morgan fingerprint density at radius 3 is 2.67 bits per heavy atom. The molecule has 0 aliphatic heterocycles. The molecule has 0 aromatic rings. The summed E-state index contributed by atoms with van der Waals surface area (Å²) >= 11 is 0. The first-order valence-corrected chi connectivity index (χ1v) is 6.01. The van der Waals surface area contributed by atoms with Crippen LogP contribution in [-0.2, 0) is 11.2 Å². The molecule has 0 N–H and O–H groups in total. The van der Waals surface area contributed by atoms with Crippen LogP contribution in [0.2, 0.25) is 0 Å². The van der Waals surface area contributed by atoms with Crippen molar-refractivity contribution in [2.75, 3.05) is 0 Å². The summed E-state index contributed by atoms with van der Waals surface area (Å²) in [4.78, 5) is 11.7. The van der Waals surface area contributed by atoms with Crippen molar-refractivity contribution in [2.24, 2.45) is 0 Å². The molecule has 0 amide bonds. The van der Waals surface area contributed by atoms with Crippen LogP contribution in [0.3, 0.4) is 0 Å². The lowest BCUT2D eigenvalue weighted by Crippen LogP contribution is -2.09. The maximum atomic E-state index is 11.7. The molecule has 2 nitrogen and oxygen atoms in total. The standard InChI is InChI=1S/C16H16O2/c1-4-12-10-13-8-6-5-7-9-14(13)15(12)18-16(17)11(2)3/h5-10H,2,4H2,1,3H3. The Balaban J connectivity index is 2.50. The van der Waals surface area contributed by atoms with E-state index in [4.69, 9.17) is 4.74 Å². The summed E-state index contributed by atoms with van der Waals surface area (Å²) in [6.07, 6.45) is 0.831. The number of esters is 1. The molecule has 2 heteroatoms. The molecule has 0 spiro atoms. The van der Waals surface area contributed by atoms with Gasteiger partial charge in [-0.1, -0.05) is 43.8 Å². The highest BCUT2D eigenvalue weighted by Crippen LogP contribution is 2.38. The average molecular weight is 240 g/mol. The van der Waals surface area contributed by atoms with Gasteiger partial charge in [-0.15, -0.1) is 0 Å². The van der Waals surface area contributed by atoms with Crippen molar-refractivity contribution < 1.29 is 9.53 Å². The number of aryl methyl sites for hydroxylation is 1. The molecule has 0 radical (unpaired) electrons. The Kier molecular flexibility index (Phi) is 3.47. The largest absolute Gasteiger partial charge is 0.422 e. The first kappa shape index (κ1) is 12.4. The third-order valence-corrected chi connectivity index (χ3v) is 2.86. The number of ether oxygens (including phenoxy) is 1. The van der Waals surface area contributed by atoms with Gasteiger partial charge >= 0.3 is 5.97 Å². The van der Waals surface area contributed by atoms with Gasteiger partial charge in [-0.2, -0.15) is 0 Å². The lowest BCUT2D eigenvalue weighted by molar-refractivity contribution is -0.130.